The molecule has 1 atom stereocenters. The van der Waals surface area contributed by atoms with Crippen LogP contribution in [0, 0.1) is 17.1 Å². The molecule has 0 aromatic heterocycles. The van der Waals surface area contributed by atoms with Crippen molar-refractivity contribution in [3.63, 3.8) is 0 Å². The van der Waals surface area contributed by atoms with Crippen LogP contribution in [-0.2, 0) is 21.3 Å². The first-order valence-corrected chi connectivity index (χ1v) is 12.7. The molecule has 0 radical (unpaired) electrons. The summed E-state index contributed by atoms with van der Waals surface area (Å²) in [6.45, 7) is 2.31. The van der Waals surface area contributed by atoms with Gasteiger partial charge in [-0.15, -0.1) is 0 Å². The number of halogens is 1. The van der Waals surface area contributed by atoms with Crippen LogP contribution in [0.25, 0.3) is 5.76 Å². The first-order valence-electron chi connectivity index (χ1n) is 11.3. The lowest BCUT2D eigenvalue weighted by Gasteiger charge is -2.38. The van der Waals surface area contributed by atoms with Gasteiger partial charge in [0.15, 0.2) is 5.76 Å². The SMILES string of the molecule is CCOc1ccc([C@@H]2C(C#N)=C(N)OC3=C2S(=O)(=O)N(Cc2ccc(F)cc2)c2ccccc23)cc1. The molecule has 0 spiro atoms. The third-order valence-corrected chi connectivity index (χ3v) is 8.00. The van der Waals surface area contributed by atoms with Crippen molar-refractivity contribution in [3.05, 3.63) is 112 Å². The van der Waals surface area contributed by atoms with Gasteiger partial charge in [-0.2, -0.15) is 5.26 Å². The summed E-state index contributed by atoms with van der Waals surface area (Å²) in [5.41, 5.74) is 8.24. The fourth-order valence-electron chi connectivity index (χ4n) is 4.49. The lowest BCUT2D eigenvalue weighted by molar-refractivity contribution is 0.340. The van der Waals surface area contributed by atoms with Crippen molar-refractivity contribution in [3.8, 4) is 11.8 Å². The zero-order valence-corrected chi connectivity index (χ0v) is 20.1. The van der Waals surface area contributed by atoms with E-state index < -0.39 is 21.8 Å². The fourth-order valence-corrected chi connectivity index (χ4v) is 6.40. The number of hydrogen-bond donors (Lipinski definition) is 1. The molecule has 182 valence electrons. The van der Waals surface area contributed by atoms with Crippen LogP contribution in [0.3, 0.4) is 0 Å². The van der Waals surface area contributed by atoms with Crippen molar-refractivity contribution in [2.24, 2.45) is 5.73 Å². The van der Waals surface area contributed by atoms with Crippen LogP contribution in [0.15, 0.2) is 89.2 Å². The number of fused-ring (bicyclic) bond motifs is 2. The Labute approximate surface area is 208 Å². The minimum absolute atomic E-state index is 0.00241. The van der Waals surface area contributed by atoms with Gasteiger partial charge in [-0.1, -0.05) is 36.4 Å². The standard InChI is InChI=1S/C27H22FN3O4S/c1-2-34-20-13-9-18(10-14-20)24-22(15-29)27(30)35-25-21-5-3-4-6-23(21)31(36(32,33)26(24)25)16-17-7-11-19(28)12-8-17/h3-14,24H,2,16,30H2,1H3/t24-/m1/s1. The van der Waals surface area contributed by atoms with E-state index in [2.05, 4.69) is 0 Å². The Bertz CT molecular complexity index is 1540. The number of sulfonamides is 1. The van der Waals surface area contributed by atoms with Gasteiger partial charge in [0.05, 0.1) is 24.8 Å². The molecular formula is C27H22FN3O4S. The molecule has 5 rings (SSSR count). The van der Waals surface area contributed by atoms with Crippen molar-refractivity contribution in [1.29, 1.82) is 5.26 Å². The predicted octanol–water partition coefficient (Wildman–Crippen LogP) is 4.75. The minimum atomic E-state index is -4.21. The number of nitrogens with zero attached hydrogens (tertiary/aromatic N) is 2. The van der Waals surface area contributed by atoms with E-state index in [9.17, 15) is 18.1 Å². The maximum absolute atomic E-state index is 14.2. The Balaban J connectivity index is 1.71. The van der Waals surface area contributed by atoms with E-state index in [0.717, 1.165) is 0 Å². The van der Waals surface area contributed by atoms with Gasteiger partial charge in [-0.25, -0.2) is 12.8 Å². The number of nitriles is 1. The molecule has 2 aliphatic rings. The number of rotatable bonds is 5. The zero-order chi connectivity index (χ0) is 25.4. The number of para-hydroxylation sites is 1. The Hall–Kier alpha value is -4.29. The molecule has 0 amide bonds. The first-order chi connectivity index (χ1) is 17.3. The lowest BCUT2D eigenvalue weighted by Crippen LogP contribution is -2.39. The molecule has 2 N–H and O–H groups in total. The smallest absolute Gasteiger partial charge is 0.265 e. The Morgan fingerprint density at radius 3 is 2.44 bits per heavy atom. The molecule has 9 heteroatoms. The van der Waals surface area contributed by atoms with Crippen molar-refractivity contribution < 1.29 is 22.3 Å². The summed E-state index contributed by atoms with van der Waals surface area (Å²) in [7, 11) is -4.21. The van der Waals surface area contributed by atoms with Crippen molar-refractivity contribution in [1.82, 2.24) is 0 Å². The third-order valence-electron chi connectivity index (χ3n) is 6.12. The second-order valence-corrected chi connectivity index (χ2v) is 10.1. The number of ether oxygens (including phenoxy) is 2. The highest BCUT2D eigenvalue weighted by Gasteiger charge is 2.47. The molecular weight excluding hydrogens is 481 g/mol. The van der Waals surface area contributed by atoms with Crippen molar-refractivity contribution >= 4 is 21.5 Å². The molecule has 2 aliphatic heterocycles. The molecule has 0 saturated carbocycles. The third kappa shape index (κ3) is 3.85. The summed E-state index contributed by atoms with van der Waals surface area (Å²) in [4.78, 5) is -0.0711. The number of hydrogen-bond acceptors (Lipinski definition) is 6. The number of nitrogens with two attached hydrogens (primary N) is 1. The summed E-state index contributed by atoms with van der Waals surface area (Å²) >= 11 is 0. The number of allylic oxidation sites excluding steroid dienone is 2. The molecule has 7 nitrogen and oxygen atoms in total. The molecule has 0 saturated heterocycles. The highest BCUT2D eigenvalue weighted by Crippen LogP contribution is 2.51. The summed E-state index contributed by atoms with van der Waals surface area (Å²) in [6.07, 6.45) is 0. The van der Waals surface area contributed by atoms with Gasteiger partial charge in [-0.3, -0.25) is 4.31 Å². The van der Waals surface area contributed by atoms with E-state index in [0.29, 0.717) is 34.7 Å². The molecule has 3 aromatic rings. The van der Waals surface area contributed by atoms with Gasteiger partial charge in [-0.05, 0) is 54.4 Å². The summed E-state index contributed by atoms with van der Waals surface area (Å²) in [5.74, 6) is -0.833. The highest BCUT2D eigenvalue weighted by molar-refractivity contribution is 7.96. The van der Waals surface area contributed by atoms with Crippen LogP contribution < -0.4 is 14.8 Å². The topological polar surface area (TPSA) is 106 Å². The Morgan fingerprint density at radius 2 is 1.78 bits per heavy atom. The van der Waals surface area contributed by atoms with E-state index in [1.165, 1.54) is 28.6 Å². The quantitative estimate of drug-likeness (QED) is 0.539. The molecule has 3 aromatic carbocycles. The summed E-state index contributed by atoms with van der Waals surface area (Å²) < 4.78 is 54.5. The van der Waals surface area contributed by atoms with Crippen LogP contribution in [0.5, 0.6) is 5.75 Å². The second kappa shape index (κ2) is 9.06. The maximum atomic E-state index is 14.2. The normalized spacial score (nSPS) is 18.1. The number of anilines is 1. The van der Waals surface area contributed by atoms with E-state index in [1.54, 1.807) is 48.5 Å². The van der Waals surface area contributed by atoms with Crippen LogP contribution in [0.2, 0.25) is 0 Å². The summed E-state index contributed by atoms with van der Waals surface area (Å²) in [5, 5.41) is 9.96. The summed E-state index contributed by atoms with van der Waals surface area (Å²) in [6, 6.07) is 21.5. The second-order valence-electron chi connectivity index (χ2n) is 8.28. The number of benzene rings is 3. The van der Waals surface area contributed by atoms with Crippen molar-refractivity contribution in [2.75, 3.05) is 10.9 Å². The van der Waals surface area contributed by atoms with Gasteiger partial charge in [0.2, 0.25) is 5.88 Å². The lowest BCUT2D eigenvalue weighted by atomic mass is 9.88. The fraction of sp³-hybridized carbons (Fsp3) is 0.148. The zero-order valence-electron chi connectivity index (χ0n) is 19.3. The predicted molar refractivity (Wildman–Crippen MR) is 133 cm³/mol. The van der Waals surface area contributed by atoms with E-state index in [-0.39, 0.29) is 28.7 Å². The molecule has 0 aliphatic carbocycles. The van der Waals surface area contributed by atoms with Gasteiger partial charge in [0, 0.05) is 5.56 Å². The van der Waals surface area contributed by atoms with Crippen molar-refractivity contribution in [2.45, 2.75) is 19.4 Å². The average molecular weight is 504 g/mol. The Kier molecular flexibility index (Phi) is 5.90. The minimum Gasteiger partial charge on any atom is -0.494 e. The van der Waals surface area contributed by atoms with Gasteiger partial charge >= 0.3 is 0 Å². The van der Waals surface area contributed by atoms with Crippen LogP contribution in [0.4, 0.5) is 10.1 Å². The molecule has 36 heavy (non-hydrogen) atoms. The molecule has 0 bridgehead atoms. The molecule has 2 heterocycles. The van der Waals surface area contributed by atoms with Gasteiger partial charge < -0.3 is 15.2 Å². The first kappa shape index (κ1) is 23.5. The van der Waals surface area contributed by atoms with E-state index >= 15 is 0 Å². The van der Waals surface area contributed by atoms with Crippen LogP contribution >= 0.6 is 0 Å². The van der Waals surface area contributed by atoms with E-state index in [4.69, 9.17) is 15.2 Å². The highest BCUT2D eigenvalue weighted by atomic mass is 32.2. The van der Waals surface area contributed by atoms with Crippen LogP contribution in [0.1, 0.15) is 29.5 Å². The van der Waals surface area contributed by atoms with Gasteiger partial charge in [0.25, 0.3) is 10.0 Å². The molecule has 0 unspecified atom stereocenters. The Morgan fingerprint density at radius 1 is 1.08 bits per heavy atom. The largest absolute Gasteiger partial charge is 0.494 e. The molecule has 0 fully saturated rings. The average Bonchev–Trinajstić information content (AvgIpc) is 2.87. The van der Waals surface area contributed by atoms with Crippen LogP contribution in [-0.4, -0.2) is 15.0 Å². The van der Waals surface area contributed by atoms with Gasteiger partial charge in [0.1, 0.15) is 28.1 Å². The monoisotopic (exact) mass is 503 g/mol. The maximum Gasteiger partial charge on any atom is 0.265 e. The van der Waals surface area contributed by atoms with E-state index in [1.807, 2.05) is 13.0 Å².